The zero-order valence-corrected chi connectivity index (χ0v) is 7.77. The average molecular weight is 162 g/mol. The van der Waals surface area contributed by atoms with Crippen molar-refractivity contribution in [3.05, 3.63) is 60.7 Å². The maximum atomic E-state index is 2.12. The molecule has 0 bridgehead atoms. The monoisotopic (exact) mass is 162 g/mol. The zero-order valence-electron chi connectivity index (χ0n) is 8.77. The topological polar surface area (TPSA) is 0 Å². The second kappa shape index (κ2) is 4.92. The van der Waals surface area contributed by atoms with Gasteiger partial charge in [0.2, 0.25) is 0 Å². The molecule has 2 aromatic carbocycles. The Morgan fingerprint density at radius 2 is 0.846 bits per heavy atom. The van der Waals surface area contributed by atoms with Gasteiger partial charge in [0.05, 0.1) is 0 Å². The largest absolute Gasteiger partial charge is 1.00 e. The summed E-state index contributed by atoms with van der Waals surface area (Å²) in [7, 11) is 0. The van der Waals surface area contributed by atoms with Gasteiger partial charge in [0.25, 0.3) is 0 Å². The fourth-order valence-electron chi connectivity index (χ4n) is 1.26. The van der Waals surface area contributed by atoms with Crippen molar-refractivity contribution >= 4 is 0 Å². The summed E-state index contributed by atoms with van der Waals surface area (Å²) in [6.45, 7) is 0. The second-order valence-corrected chi connectivity index (χ2v) is 2.73. The fourth-order valence-corrected chi connectivity index (χ4v) is 1.26. The van der Waals surface area contributed by atoms with Gasteiger partial charge in [-0.2, -0.15) is 0 Å². The maximum Gasteiger partial charge on any atom is 1.00 e. The van der Waals surface area contributed by atoms with Crippen LogP contribution in [0.25, 0.3) is 11.1 Å². The van der Waals surface area contributed by atoms with Gasteiger partial charge in [-0.05, 0) is 11.1 Å². The molecule has 0 aromatic heterocycles. The van der Waals surface area contributed by atoms with Gasteiger partial charge in [0, 0.05) is 0 Å². The summed E-state index contributed by atoms with van der Waals surface area (Å²) in [5, 5.41) is 0. The summed E-state index contributed by atoms with van der Waals surface area (Å²) in [5.74, 6) is 0. The molecule has 0 saturated carbocycles. The van der Waals surface area contributed by atoms with Crippen LogP contribution < -0.4 is 18.9 Å². The number of hydrogen-bond acceptors (Lipinski definition) is 0. The summed E-state index contributed by atoms with van der Waals surface area (Å²) in [5.41, 5.74) is 2.55. The van der Waals surface area contributed by atoms with Crippen LogP contribution in [-0.2, 0) is 0 Å². The molecule has 0 aliphatic carbocycles. The molecule has 0 aliphatic rings. The van der Waals surface area contributed by atoms with E-state index in [9.17, 15) is 0 Å². The molecule has 2 aromatic rings. The maximum absolute atomic E-state index is 2.12. The van der Waals surface area contributed by atoms with Gasteiger partial charge in [-0.3, -0.25) is 0 Å². The summed E-state index contributed by atoms with van der Waals surface area (Å²) < 4.78 is 0. The Morgan fingerprint density at radius 3 is 1.15 bits per heavy atom. The van der Waals surface area contributed by atoms with E-state index in [1.54, 1.807) is 0 Å². The van der Waals surface area contributed by atoms with Crippen molar-refractivity contribution in [3.63, 3.8) is 0 Å². The Labute approximate surface area is 92.3 Å². The van der Waals surface area contributed by atoms with Crippen LogP contribution in [0.3, 0.4) is 0 Å². The first-order chi connectivity index (χ1) is 5.97. The van der Waals surface area contributed by atoms with Gasteiger partial charge in [-0.1, -0.05) is 60.7 Å². The quantitative estimate of drug-likeness (QED) is 0.535. The van der Waals surface area contributed by atoms with Crippen LogP contribution in [0, 0.1) is 0 Å². The van der Waals surface area contributed by atoms with Crippen molar-refractivity contribution in [3.8, 4) is 11.1 Å². The van der Waals surface area contributed by atoms with E-state index in [4.69, 9.17) is 0 Å². The van der Waals surface area contributed by atoms with Crippen molar-refractivity contribution in [2.75, 3.05) is 0 Å². The Balaban J connectivity index is 0.000000845. The summed E-state index contributed by atoms with van der Waals surface area (Å²) >= 11 is 0. The minimum Gasteiger partial charge on any atom is -1.00 e. The summed E-state index contributed by atoms with van der Waals surface area (Å²) in [6, 6.07) is 20.8. The zero-order chi connectivity index (χ0) is 8.23. The molecule has 0 aliphatic heterocycles. The SMILES string of the molecule is [H-].[Li+].c1ccc(-c2ccccc2)cc1. The second-order valence-electron chi connectivity index (χ2n) is 2.73. The smallest absolute Gasteiger partial charge is 1.00 e. The van der Waals surface area contributed by atoms with E-state index in [0.29, 0.717) is 0 Å². The Kier molecular flexibility index (Phi) is 3.83. The molecule has 0 atom stereocenters. The van der Waals surface area contributed by atoms with Crippen LogP contribution in [0.2, 0.25) is 0 Å². The molecule has 1 heteroatoms. The van der Waals surface area contributed by atoms with E-state index < -0.39 is 0 Å². The van der Waals surface area contributed by atoms with Gasteiger partial charge < -0.3 is 1.43 Å². The number of benzene rings is 2. The van der Waals surface area contributed by atoms with Gasteiger partial charge in [0.1, 0.15) is 0 Å². The molecule has 0 N–H and O–H groups in total. The van der Waals surface area contributed by atoms with Crippen molar-refractivity contribution < 1.29 is 20.3 Å². The molecule has 0 heterocycles. The van der Waals surface area contributed by atoms with Crippen LogP contribution in [0.15, 0.2) is 60.7 Å². The van der Waals surface area contributed by atoms with Gasteiger partial charge in [-0.25, -0.2) is 0 Å². The molecule has 0 radical (unpaired) electrons. The molecule has 60 valence electrons. The molecular weight excluding hydrogens is 151 g/mol. The molecule has 0 nitrogen and oxygen atoms in total. The number of hydrogen-bond donors (Lipinski definition) is 0. The van der Waals surface area contributed by atoms with E-state index in [1.807, 2.05) is 12.1 Å². The van der Waals surface area contributed by atoms with Crippen LogP contribution in [-0.4, -0.2) is 0 Å². The molecule has 2 rings (SSSR count). The van der Waals surface area contributed by atoms with Crippen LogP contribution >= 0.6 is 0 Å². The van der Waals surface area contributed by atoms with E-state index in [0.717, 1.165) is 0 Å². The first kappa shape index (κ1) is 10.1. The van der Waals surface area contributed by atoms with Crippen molar-refractivity contribution in [1.29, 1.82) is 0 Å². The van der Waals surface area contributed by atoms with Crippen molar-refractivity contribution in [2.45, 2.75) is 0 Å². The normalized spacial score (nSPS) is 8.92. The average Bonchev–Trinajstić information content (AvgIpc) is 2.21. The molecule has 0 amide bonds. The van der Waals surface area contributed by atoms with E-state index in [-0.39, 0.29) is 20.3 Å². The molecule has 0 fully saturated rings. The fraction of sp³-hybridized carbons (Fsp3) is 0. The molecule has 0 saturated heterocycles. The van der Waals surface area contributed by atoms with Crippen LogP contribution in [0.1, 0.15) is 1.43 Å². The summed E-state index contributed by atoms with van der Waals surface area (Å²) in [4.78, 5) is 0. The van der Waals surface area contributed by atoms with Crippen molar-refractivity contribution in [1.82, 2.24) is 0 Å². The first-order valence-electron chi connectivity index (χ1n) is 4.07. The Hall–Kier alpha value is -0.963. The standard InChI is InChI=1S/C12H10.Li.H/c1-3-7-11(8-4-1)12-9-5-2-6-10-12;;/h1-10H;;/q;+1;-1. The number of rotatable bonds is 1. The Morgan fingerprint density at radius 1 is 0.538 bits per heavy atom. The third kappa shape index (κ3) is 2.49. The predicted molar refractivity (Wildman–Crippen MR) is 53.0 cm³/mol. The summed E-state index contributed by atoms with van der Waals surface area (Å²) in [6.07, 6.45) is 0. The minimum atomic E-state index is 0. The van der Waals surface area contributed by atoms with E-state index in [1.165, 1.54) is 11.1 Å². The predicted octanol–water partition coefficient (Wildman–Crippen LogP) is 0.470. The van der Waals surface area contributed by atoms with Crippen LogP contribution in [0.4, 0.5) is 0 Å². The third-order valence-corrected chi connectivity index (χ3v) is 1.88. The van der Waals surface area contributed by atoms with Gasteiger partial charge in [-0.15, -0.1) is 0 Å². The first-order valence-corrected chi connectivity index (χ1v) is 4.07. The minimum absolute atomic E-state index is 0. The third-order valence-electron chi connectivity index (χ3n) is 1.88. The molecule has 0 spiro atoms. The van der Waals surface area contributed by atoms with Gasteiger partial charge >= 0.3 is 18.9 Å². The van der Waals surface area contributed by atoms with E-state index >= 15 is 0 Å². The van der Waals surface area contributed by atoms with Gasteiger partial charge in [0.15, 0.2) is 0 Å². The molecule has 0 unspecified atom stereocenters. The van der Waals surface area contributed by atoms with E-state index in [2.05, 4.69) is 48.5 Å². The molecule has 13 heavy (non-hydrogen) atoms. The molecular formula is C12H11Li. The Bertz CT molecular complexity index is 308. The van der Waals surface area contributed by atoms with Crippen LogP contribution in [0.5, 0.6) is 0 Å². The van der Waals surface area contributed by atoms with Crippen molar-refractivity contribution in [2.24, 2.45) is 0 Å².